The number of rotatable bonds is 3. The average Bonchev–Trinajstić information content (AvgIpc) is 3.10. The summed E-state index contributed by atoms with van der Waals surface area (Å²) in [5, 5.41) is 6.54. The van der Waals surface area contributed by atoms with E-state index in [2.05, 4.69) is 15.4 Å². The first-order valence-corrected chi connectivity index (χ1v) is 8.63. The molecule has 2 aliphatic rings. The van der Waals surface area contributed by atoms with Crippen molar-refractivity contribution in [2.45, 2.75) is 31.5 Å². The highest BCUT2D eigenvalue weighted by atomic mass is 19.4. The van der Waals surface area contributed by atoms with Gasteiger partial charge in [-0.25, -0.2) is 4.68 Å². The highest BCUT2D eigenvalue weighted by Crippen LogP contribution is 2.45. The van der Waals surface area contributed by atoms with Gasteiger partial charge in [-0.1, -0.05) is 12.1 Å². The van der Waals surface area contributed by atoms with Crippen LogP contribution in [0, 0.1) is 0 Å². The van der Waals surface area contributed by atoms with Crippen LogP contribution in [0.25, 0.3) is 0 Å². The topological polar surface area (TPSA) is 78.3 Å². The van der Waals surface area contributed by atoms with Gasteiger partial charge in [0.05, 0.1) is 14.2 Å². The van der Waals surface area contributed by atoms with E-state index in [1.54, 1.807) is 18.2 Å². The molecular formula is C18H17F3N4O3. The molecule has 2 heterocycles. The van der Waals surface area contributed by atoms with E-state index in [9.17, 15) is 18.0 Å². The van der Waals surface area contributed by atoms with Crippen LogP contribution in [0.2, 0.25) is 0 Å². The Morgan fingerprint density at radius 3 is 2.68 bits per heavy atom. The molecule has 0 radical (unpaired) electrons. The lowest BCUT2D eigenvalue weighted by Gasteiger charge is -2.32. The summed E-state index contributed by atoms with van der Waals surface area (Å²) in [7, 11) is 2.90. The molecule has 1 aliphatic heterocycles. The van der Waals surface area contributed by atoms with Gasteiger partial charge in [-0.2, -0.15) is 18.2 Å². The molecule has 1 unspecified atom stereocenters. The van der Waals surface area contributed by atoms with Crippen LogP contribution in [0.5, 0.6) is 11.5 Å². The number of alkyl halides is 3. The maximum atomic E-state index is 13.2. The molecule has 0 bridgehead atoms. The zero-order valence-corrected chi connectivity index (χ0v) is 15.1. The minimum Gasteiger partial charge on any atom is -0.493 e. The first-order valence-electron chi connectivity index (χ1n) is 8.63. The standard InChI is InChI=1S/C18H17F3N4O3/c1-27-12-8-3-5-9(15(12)28-2)14-13-10(6-4-7-11(13)26)22-17-23-16(18(19,20)21)24-25(14)17/h3,5,8,14H,4,6-7H2,1-2H3,(H,22,23,24). The monoisotopic (exact) mass is 394 g/mol. The molecule has 1 aliphatic carbocycles. The third-order valence-corrected chi connectivity index (χ3v) is 4.85. The predicted octanol–water partition coefficient (Wildman–Crippen LogP) is 3.34. The lowest BCUT2D eigenvalue weighted by molar-refractivity contribution is -0.145. The summed E-state index contributed by atoms with van der Waals surface area (Å²) in [4.78, 5) is 16.3. The second-order valence-corrected chi connectivity index (χ2v) is 6.48. The van der Waals surface area contributed by atoms with Gasteiger partial charge in [-0.3, -0.25) is 4.79 Å². The number of nitrogens with one attached hydrogen (secondary N) is 1. The number of hydrogen-bond acceptors (Lipinski definition) is 6. The van der Waals surface area contributed by atoms with Gasteiger partial charge in [-0.15, -0.1) is 5.10 Å². The van der Waals surface area contributed by atoms with E-state index in [0.29, 0.717) is 47.6 Å². The number of Topliss-reactive ketones (excluding diaryl/α,β-unsaturated/α-hetero) is 1. The molecule has 0 spiro atoms. The third kappa shape index (κ3) is 2.79. The second kappa shape index (κ2) is 6.54. The van der Waals surface area contributed by atoms with Crippen LogP contribution < -0.4 is 14.8 Å². The van der Waals surface area contributed by atoms with Gasteiger partial charge in [-0.05, 0) is 18.9 Å². The predicted molar refractivity (Wildman–Crippen MR) is 92.2 cm³/mol. The molecule has 10 heteroatoms. The maximum absolute atomic E-state index is 13.2. The molecule has 0 saturated heterocycles. The van der Waals surface area contributed by atoms with Crippen molar-refractivity contribution in [3.05, 3.63) is 40.9 Å². The third-order valence-electron chi connectivity index (χ3n) is 4.85. The lowest BCUT2D eigenvalue weighted by atomic mass is 9.85. The van der Waals surface area contributed by atoms with Crippen LogP contribution in [-0.4, -0.2) is 34.8 Å². The van der Waals surface area contributed by atoms with Gasteiger partial charge in [0.15, 0.2) is 17.3 Å². The Hall–Kier alpha value is -3.04. The number of benzene rings is 1. The summed E-state index contributed by atoms with van der Waals surface area (Å²) >= 11 is 0. The zero-order chi connectivity index (χ0) is 20.1. The number of hydrogen-bond donors (Lipinski definition) is 1. The molecule has 2 aromatic rings. The van der Waals surface area contributed by atoms with Crippen LogP contribution in [0.15, 0.2) is 29.5 Å². The number of methoxy groups -OCH3 is 2. The van der Waals surface area contributed by atoms with E-state index >= 15 is 0 Å². The zero-order valence-electron chi connectivity index (χ0n) is 15.1. The number of fused-ring (bicyclic) bond motifs is 1. The fraction of sp³-hybridized carbons (Fsp3) is 0.389. The number of aromatic nitrogens is 3. The van der Waals surface area contributed by atoms with Crippen LogP contribution >= 0.6 is 0 Å². The van der Waals surface area contributed by atoms with E-state index in [-0.39, 0.29) is 11.7 Å². The van der Waals surface area contributed by atoms with E-state index in [1.807, 2.05) is 0 Å². The maximum Gasteiger partial charge on any atom is 0.453 e. The summed E-state index contributed by atoms with van der Waals surface area (Å²) < 4.78 is 51.5. The van der Waals surface area contributed by atoms with E-state index in [1.165, 1.54) is 14.2 Å². The van der Waals surface area contributed by atoms with Crippen molar-refractivity contribution in [3.8, 4) is 11.5 Å². The Bertz CT molecular complexity index is 981. The summed E-state index contributed by atoms with van der Waals surface area (Å²) in [6.45, 7) is 0. The number of ketones is 1. The SMILES string of the molecule is COc1cccc(C2C3=C(CCCC3=O)Nc3nc(C(F)(F)F)nn32)c1OC. The first kappa shape index (κ1) is 18.3. The average molecular weight is 394 g/mol. The largest absolute Gasteiger partial charge is 0.493 e. The van der Waals surface area contributed by atoms with Crippen LogP contribution in [0.3, 0.4) is 0 Å². The van der Waals surface area contributed by atoms with Crippen LogP contribution in [0.1, 0.15) is 36.7 Å². The minimum absolute atomic E-state index is 0.0596. The summed E-state index contributed by atoms with van der Waals surface area (Å²) in [6, 6.07) is 4.15. The quantitative estimate of drug-likeness (QED) is 0.861. The van der Waals surface area contributed by atoms with Gasteiger partial charge >= 0.3 is 6.18 Å². The molecular weight excluding hydrogens is 377 g/mol. The van der Waals surface area contributed by atoms with Gasteiger partial charge < -0.3 is 14.8 Å². The van der Waals surface area contributed by atoms with Crippen LogP contribution in [-0.2, 0) is 11.0 Å². The molecule has 1 atom stereocenters. The molecule has 148 valence electrons. The van der Waals surface area contributed by atoms with Crippen molar-refractivity contribution in [2.24, 2.45) is 0 Å². The van der Waals surface area contributed by atoms with Gasteiger partial charge in [0.25, 0.3) is 5.82 Å². The molecule has 1 N–H and O–H groups in total. The van der Waals surface area contributed by atoms with Crippen molar-refractivity contribution in [1.29, 1.82) is 0 Å². The van der Waals surface area contributed by atoms with Gasteiger partial charge in [0, 0.05) is 23.3 Å². The molecule has 1 aromatic carbocycles. The van der Waals surface area contributed by atoms with Crippen molar-refractivity contribution in [3.63, 3.8) is 0 Å². The van der Waals surface area contributed by atoms with Crippen molar-refractivity contribution >= 4 is 11.7 Å². The molecule has 1 aromatic heterocycles. The summed E-state index contributed by atoms with van der Waals surface area (Å²) in [6.07, 6.45) is -3.23. The molecule has 4 rings (SSSR count). The normalized spacial score (nSPS) is 19.0. The molecule has 0 saturated carbocycles. The molecule has 7 nitrogen and oxygen atoms in total. The minimum atomic E-state index is -4.71. The molecule has 28 heavy (non-hydrogen) atoms. The van der Waals surface area contributed by atoms with E-state index < -0.39 is 18.0 Å². The molecule has 0 fully saturated rings. The summed E-state index contributed by atoms with van der Waals surface area (Å²) in [5.41, 5.74) is 1.43. The highest BCUT2D eigenvalue weighted by Gasteiger charge is 2.43. The van der Waals surface area contributed by atoms with E-state index in [0.717, 1.165) is 4.68 Å². The van der Waals surface area contributed by atoms with Gasteiger partial charge in [0.2, 0.25) is 5.95 Å². The Morgan fingerprint density at radius 1 is 1.21 bits per heavy atom. The number of carbonyl (C=O) groups is 1. The van der Waals surface area contributed by atoms with Gasteiger partial charge in [0.1, 0.15) is 6.04 Å². The fourth-order valence-corrected chi connectivity index (χ4v) is 3.69. The van der Waals surface area contributed by atoms with Crippen molar-refractivity contribution in [2.75, 3.05) is 19.5 Å². The number of carbonyl (C=O) groups excluding carboxylic acids is 1. The Kier molecular flexibility index (Phi) is 4.28. The fourth-order valence-electron chi connectivity index (χ4n) is 3.69. The Balaban J connectivity index is 1.97. The van der Waals surface area contributed by atoms with Crippen LogP contribution in [0.4, 0.5) is 19.1 Å². The number of ether oxygens (including phenoxy) is 2. The number of para-hydroxylation sites is 1. The number of halogens is 3. The lowest BCUT2D eigenvalue weighted by Crippen LogP contribution is -2.31. The van der Waals surface area contributed by atoms with Crippen molar-refractivity contribution < 1.29 is 27.4 Å². The van der Waals surface area contributed by atoms with E-state index in [4.69, 9.17) is 9.47 Å². The number of allylic oxidation sites excluding steroid dienone is 2. The smallest absolute Gasteiger partial charge is 0.453 e. The molecule has 0 amide bonds. The number of nitrogens with zero attached hydrogens (tertiary/aromatic N) is 3. The number of anilines is 1. The van der Waals surface area contributed by atoms with Crippen molar-refractivity contribution in [1.82, 2.24) is 14.8 Å². The Morgan fingerprint density at radius 2 is 2.00 bits per heavy atom. The Labute approximate surface area is 158 Å². The first-order chi connectivity index (χ1) is 13.3. The summed E-state index contributed by atoms with van der Waals surface area (Å²) in [5.74, 6) is -0.734. The second-order valence-electron chi connectivity index (χ2n) is 6.48. The highest BCUT2D eigenvalue weighted by molar-refractivity contribution is 5.99.